The molecule has 2 aromatic heterocycles. The lowest BCUT2D eigenvalue weighted by Crippen LogP contribution is -1.94. The van der Waals surface area contributed by atoms with E-state index in [0.29, 0.717) is 0 Å². The Balaban J connectivity index is 2.38. The summed E-state index contributed by atoms with van der Waals surface area (Å²) in [7, 11) is 1.63. The first-order valence-corrected chi connectivity index (χ1v) is 5.84. The molecule has 2 heterocycles. The molecule has 0 amide bonds. The molecule has 0 aliphatic carbocycles. The van der Waals surface area contributed by atoms with E-state index >= 15 is 0 Å². The van der Waals surface area contributed by atoms with E-state index in [1.54, 1.807) is 13.2 Å². The van der Waals surface area contributed by atoms with Gasteiger partial charge in [-0.25, -0.2) is 4.79 Å². The highest BCUT2D eigenvalue weighted by atomic mass is 32.1. The molecule has 0 aliphatic heterocycles. The number of nitrogens with one attached hydrogen (secondary N) is 1. The maximum absolute atomic E-state index is 10.9. The summed E-state index contributed by atoms with van der Waals surface area (Å²) in [6.07, 6.45) is 0. The normalized spacial score (nSPS) is 11.1. The van der Waals surface area contributed by atoms with Gasteiger partial charge in [-0.05, 0) is 12.1 Å². The zero-order chi connectivity index (χ0) is 12.0. The third-order valence-electron chi connectivity index (χ3n) is 2.69. The number of benzene rings is 1. The molecule has 86 valence electrons. The highest BCUT2D eigenvalue weighted by molar-refractivity contribution is 7.26. The monoisotopic (exact) mass is 247 g/mol. The number of carbonyl (C=O) groups is 1. The molecule has 1 aromatic carbocycles. The van der Waals surface area contributed by atoms with Crippen molar-refractivity contribution in [3.05, 3.63) is 30.0 Å². The summed E-state index contributed by atoms with van der Waals surface area (Å²) in [6.45, 7) is 0. The molecule has 0 aliphatic rings. The van der Waals surface area contributed by atoms with Crippen molar-refractivity contribution in [2.45, 2.75) is 0 Å². The van der Waals surface area contributed by atoms with Gasteiger partial charge in [-0.15, -0.1) is 11.3 Å². The van der Waals surface area contributed by atoms with Gasteiger partial charge in [-0.1, -0.05) is 12.1 Å². The number of hydrogen-bond acceptors (Lipinski definition) is 3. The topological polar surface area (TPSA) is 62.3 Å². The summed E-state index contributed by atoms with van der Waals surface area (Å²) in [4.78, 5) is 13.8. The van der Waals surface area contributed by atoms with Crippen molar-refractivity contribution >= 4 is 37.6 Å². The van der Waals surface area contributed by atoms with Gasteiger partial charge in [0.15, 0.2) is 0 Å². The Morgan fingerprint density at radius 1 is 1.47 bits per heavy atom. The number of carboxylic acids is 1. The standard InChI is InChI=1S/C12H9NO3S/c1-16-8-4-2-3-6-10-9(17-11(6)8)5-7(13-10)12(14)15/h2-5,13H,1H3,(H,14,15). The second-order valence-corrected chi connectivity index (χ2v) is 4.72. The molecule has 17 heavy (non-hydrogen) atoms. The summed E-state index contributed by atoms with van der Waals surface area (Å²) in [6, 6.07) is 7.41. The maximum atomic E-state index is 10.9. The number of aromatic carboxylic acids is 1. The molecule has 0 saturated heterocycles. The zero-order valence-electron chi connectivity index (χ0n) is 8.98. The Morgan fingerprint density at radius 2 is 2.29 bits per heavy atom. The first-order valence-electron chi connectivity index (χ1n) is 5.02. The van der Waals surface area contributed by atoms with Crippen molar-refractivity contribution in [1.82, 2.24) is 4.98 Å². The average molecular weight is 247 g/mol. The van der Waals surface area contributed by atoms with E-state index in [9.17, 15) is 4.79 Å². The predicted molar refractivity (Wildman–Crippen MR) is 67.2 cm³/mol. The summed E-state index contributed by atoms with van der Waals surface area (Å²) in [5, 5.41) is 9.92. The second kappa shape index (κ2) is 3.49. The highest BCUT2D eigenvalue weighted by Crippen LogP contribution is 2.39. The van der Waals surface area contributed by atoms with Crippen LogP contribution >= 0.6 is 11.3 Å². The lowest BCUT2D eigenvalue weighted by atomic mass is 10.2. The van der Waals surface area contributed by atoms with Crippen LogP contribution in [0.25, 0.3) is 20.3 Å². The number of ether oxygens (including phenoxy) is 1. The van der Waals surface area contributed by atoms with Crippen molar-refractivity contribution in [3.8, 4) is 5.75 Å². The van der Waals surface area contributed by atoms with Crippen LogP contribution in [0.5, 0.6) is 5.75 Å². The maximum Gasteiger partial charge on any atom is 0.352 e. The first-order chi connectivity index (χ1) is 8.20. The van der Waals surface area contributed by atoms with E-state index in [2.05, 4.69) is 4.98 Å². The minimum atomic E-state index is -0.940. The smallest absolute Gasteiger partial charge is 0.352 e. The van der Waals surface area contributed by atoms with Crippen LogP contribution in [0.15, 0.2) is 24.3 Å². The third kappa shape index (κ3) is 1.39. The fraction of sp³-hybridized carbons (Fsp3) is 0.0833. The Kier molecular flexibility index (Phi) is 2.09. The minimum absolute atomic E-state index is 0.218. The molecular formula is C12H9NO3S. The molecule has 0 fully saturated rings. The van der Waals surface area contributed by atoms with Crippen LogP contribution < -0.4 is 4.74 Å². The largest absolute Gasteiger partial charge is 0.495 e. The fourth-order valence-corrected chi connectivity index (χ4v) is 3.11. The van der Waals surface area contributed by atoms with Gasteiger partial charge in [0.1, 0.15) is 11.4 Å². The fourth-order valence-electron chi connectivity index (χ4n) is 1.92. The average Bonchev–Trinajstić information content (AvgIpc) is 2.85. The molecule has 0 saturated carbocycles. The minimum Gasteiger partial charge on any atom is -0.495 e. The number of fused-ring (bicyclic) bond motifs is 3. The number of hydrogen-bond donors (Lipinski definition) is 2. The van der Waals surface area contributed by atoms with Crippen LogP contribution in [0.3, 0.4) is 0 Å². The molecule has 3 rings (SSSR count). The molecule has 4 nitrogen and oxygen atoms in total. The van der Waals surface area contributed by atoms with Crippen molar-refractivity contribution in [2.24, 2.45) is 0 Å². The summed E-state index contributed by atoms with van der Waals surface area (Å²) in [5.41, 5.74) is 1.08. The Morgan fingerprint density at radius 3 is 3.00 bits per heavy atom. The van der Waals surface area contributed by atoms with Gasteiger partial charge in [-0.2, -0.15) is 0 Å². The number of thiophene rings is 1. The van der Waals surface area contributed by atoms with E-state index in [4.69, 9.17) is 9.84 Å². The summed E-state index contributed by atoms with van der Waals surface area (Å²) < 4.78 is 7.25. The van der Waals surface area contributed by atoms with Crippen LogP contribution in [0.2, 0.25) is 0 Å². The van der Waals surface area contributed by atoms with Crippen LogP contribution in [0, 0.1) is 0 Å². The summed E-state index contributed by atoms with van der Waals surface area (Å²) in [5.74, 6) is -0.126. The van der Waals surface area contributed by atoms with E-state index in [-0.39, 0.29) is 5.69 Å². The lowest BCUT2D eigenvalue weighted by Gasteiger charge is -1.99. The van der Waals surface area contributed by atoms with Gasteiger partial charge in [0, 0.05) is 5.39 Å². The van der Waals surface area contributed by atoms with Crippen molar-refractivity contribution < 1.29 is 14.6 Å². The van der Waals surface area contributed by atoms with Gasteiger partial charge >= 0.3 is 5.97 Å². The van der Waals surface area contributed by atoms with Crippen LogP contribution in [0.4, 0.5) is 0 Å². The molecule has 5 heteroatoms. The van der Waals surface area contributed by atoms with Crippen molar-refractivity contribution in [3.63, 3.8) is 0 Å². The van der Waals surface area contributed by atoms with Crippen LogP contribution in [0.1, 0.15) is 10.5 Å². The number of carboxylic acid groups (broad SMARTS) is 1. The third-order valence-corrected chi connectivity index (χ3v) is 3.86. The van der Waals surface area contributed by atoms with Crippen molar-refractivity contribution in [2.75, 3.05) is 7.11 Å². The number of aromatic nitrogens is 1. The van der Waals surface area contributed by atoms with Gasteiger partial charge in [-0.3, -0.25) is 0 Å². The Hall–Kier alpha value is -2.01. The van der Waals surface area contributed by atoms with Gasteiger partial charge in [0.05, 0.1) is 22.0 Å². The summed E-state index contributed by atoms with van der Waals surface area (Å²) >= 11 is 1.53. The Bertz CT molecular complexity index is 726. The van der Waals surface area contributed by atoms with Crippen molar-refractivity contribution in [1.29, 1.82) is 0 Å². The number of H-pyrrole nitrogens is 1. The quantitative estimate of drug-likeness (QED) is 0.731. The molecule has 2 N–H and O–H groups in total. The molecule has 0 radical (unpaired) electrons. The van der Waals surface area contributed by atoms with E-state index < -0.39 is 5.97 Å². The Labute approximate surface area is 100 Å². The number of methoxy groups -OCH3 is 1. The molecule has 0 atom stereocenters. The van der Waals surface area contributed by atoms with Crippen LogP contribution in [-0.2, 0) is 0 Å². The molecule has 3 aromatic rings. The number of aromatic amines is 1. The predicted octanol–water partition coefficient (Wildman–Crippen LogP) is 3.09. The van der Waals surface area contributed by atoms with E-state index in [0.717, 1.165) is 26.1 Å². The van der Waals surface area contributed by atoms with Crippen LogP contribution in [-0.4, -0.2) is 23.2 Å². The highest BCUT2D eigenvalue weighted by Gasteiger charge is 2.14. The molecule has 0 bridgehead atoms. The first kappa shape index (κ1) is 10.2. The van der Waals surface area contributed by atoms with Gasteiger partial charge in [0.25, 0.3) is 0 Å². The van der Waals surface area contributed by atoms with Gasteiger partial charge < -0.3 is 14.8 Å². The molecule has 0 spiro atoms. The molecule has 0 unspecified atom stereocenters. The molecular weight excluding hydrogens is 238 g/mol. The van der Waals surface area contributed by atoms with E-state index in [1.165, 1.54) is 11.3 Å². The van der Waals surface area contributed by atoms with E-state index in [1.807, 2.05) is 18.2 Å². The SMILES string of the molecule is COc1cccc2c1sc1cc(C(=O)O)[nH]c12. The zero-order valence-corrected chi connectivity index (χ0v) is 9.80. The number of rotatable bonds is 2. The van der Waals surface area contributed by atoms with Gasteiger partial charge in [0.2, 0.25) is 0 Å². The second-order valence-electron chi connectivity index (χ2n) is 3.67. The lowest BCUT2D eigenvalue weighted by molar-refractivity contribution is 0.0691.